The van der Waals surface area contributed by atoms with Gasteiger partial charge in [0.15, 0.2) is 0 Å². The first-order valence-corrected chi connectivity index (χ1v) is 8.34. The van der Waals surface area contributed by atoms with E-state index in [4.69, 9.17) is 15.2 Å². The van der Waals surface area contributed by atoms with Crippen LogP contribution in [0.1, 0.15) is 25.5 Å². The number of thioether (sulfide) groups is 1. The number of ether oxygens (including phenoxy) is 2. The fourth-order valence-electron chi connectivity index (χ4n) is 3.04. The average molecular weight is 310 g/mol. The minimum atomic E-state index is 0.167. The molecule has 2 N–H and O–H groups in total. The molecule has 1 saturated heterocycles. The van der Waals surface area contributed by atoms with Gasteiger partial charge in [-0.25, -0.2) is 0 Å². The van der Waals surface area contributed by atoms with Gasteiger partial charge in [-0.2, -0.15) is 11.8 Å². The summed E-state index contributed by atoms with van der Waals surface area (Å²) >= 11 is 2.05. The Hall–Kier alpha value is -0.910. The summed E-state index contributed by atoms with van der Waals surface area (Å²) in [5.41, 5.74) is 7.21. The number of hydrogen-bond donors (Lipinski definition) is 1. The molecule has 0 aliphatic carbocycles. The van der Waals surface area contributed by atoms with Gasteiger partial charge in [0, 0.05) is 35.7 Å². The van der Waals surface area contributed by atoms with Gasteiger partial charge in [0.25, 0.3) is 0 Å². The van der Waals surface area contributed by atoms with Gasteiger partial charge in [0.2, 0.25) is 0 Å². The van der Waals surface area contributed by atoms with Crippen LogP contribution in [-0.2, 0) is 0 Å². The fourth-order valence-corrected chi connectivity index (χ4v) is 4.39. The van der Waals surface area contributed by atoms with Crippen molar-refractivity contribution in [3.63, 3.8) is 0 Å². The summed E-state index contributed by atoms with van der Waals surface area (Å²) in [5, 5.41) is 1.25. The minimum absolute atomic E-state index is 0.167. The molecule has 1 aromatic rings. The molecule has 0 spiro atoms. The second-order valence-corrected chi connectivity index (χ2v) is 7.45. The predicted octanol–water partition coefficient (Wildman–Crippen LogP) is 2.53. The third-order valence-electron chi connectivity index (χ3n) is 3.91. The molecule has 3 atom stereocenters. The Morgan fingerprint density at radius 3 is 2.43 bits per heavy atom. The summed E-state index contributed by atoms with van der Waals surface area (Å²) < 4.78 is 10.9. The maximum atomic E-state index is 6.10. The smallest absolute Gasteiger partial charge is 0.123 e. The standard InChI is InChI=1S/C16H26N2O2S/c1-11-9-18(10-12(2)21-11)15(8-17)14-7-13(19-3)5-6-16(14)20-4/h5-7,11-12,15H,8-10,17H2,1-4H3. The molecular formula is C16H26N2O2S. The second-order valence-electron chi connectivity index (χ2n) is 5.57. The van der Waals surface area contributed by atoms with Gasteiger partial charge in [-0.05, 0) is 18.2 Å². The monoisotopic (exact) mass is 310 g/mol. The normalized spacial score (nSPS) is 24.6. The summed E-state index contributed by atoms with van der Waals surface area (Å²) in [6.45, 7) is 7.25. The van der Waals surface area contributed by atoms with E-state index in [1.807, 2.05) is 30.0 Å². The minimum Gasteiger partial charge on any atom is -0.497 e. The van der Waals surface area contributed by atoms with Gasteiger partial charge < -0.3 is 15.2 Å². The van der Waals surface area contributed by atoms with Crippen molar-refractivity contribution in [2.45, 2.75) is 30.4 Å². The van der Waals surface area contributed by atoms with E-state index in [2.05, 4.69) is 18.7 Å². The maximum Gasteiger partial charge on any atom is 0.123 e. The van der Waals surface area contributed by atoms with Crippen molar-refractivity contribution in [2.75, 3.05) is 33.9 Å². The molecule has 0 aromatic heterocycles. The molecule has 5 heteroatoms. The SMILES string of the molecule is COc1ccc(OC)c(C(CN)N2CC(C)SC(C)C2)c1. The lowest BCUT2D eigenvalue weighted by molar-refractivity contribution is 0.195. The Kier molecular flexibility index (Phi) is 5.79. The number of rotatable bonds is 5. The highest BCUT2D eigenvalue weighted by atomic mass is 32.2. The molecule has 0 amide bonds. The Morgan fingerprint density at radius 2 is 1.90 bits per heavy atom. The van der Waals surface area contributed by atoms with E-state index in [-0.39, 0.29) is 6.04 Å². The average Bonchev–Trinajstić information content (AvgIpc) is 2.47. The Labute approximate surface area is 132 Å². The highest BCUT2D eigenvalue weighted by Crippen LogP contribution is 2.35. The van der Waals surface area contributed by atoms with Crippen LogP contribution in [0, 0.1) is 0 Å². The van der Waals surface area contributed by atoms with Gasteiger partial charge in [-0.3, -0.25) is 4.90 Å². The number of nitrogens with two attached hydrogens (primary N) is 1. The van der Waals surface area contributed by atoms with Crippen molar-refractivity contribution >= 4 is 11.8 Å². The van der Waals surface area contributed by atoms with Crippen molar-refractivity contribution in [2.24, 2.45) is 5.73 Å². The maximum absolute atomic E-state index is 6.10. The highest BCUT2D eigenvalue weighted by Gasteiger charge is 2.29. The summed E-state index contributed by atoms with van der Waals surface area (Å²) in [6, 6.07) is 6.10. The molecule has 4 nitrogen and oxygen atoms in total. The zero-order chi connectivity index (χ0) is 15.4. The summed E-state index contributed by atoms with van der Waals surface area (Å²) in [7, 11) is 3.39. The van der Waals surface area contributed by atoms with E-state index in [1.54, 1.807) is 14.2 Å². The van der Waals surface area contributed by atoms with E-state index in [0.717, 1.165) is 30.2 Å². The van der Waals surface area contributed by atoms with Crippen molar-refractivity contribution in [1.82, 2.24) is 4.90 Å². The van der Waals surface area contributed by atoms with Crippen molar-refractivity contribution in [3.8, 4) is 11.5 Å². The first-order valence-electron chi connectivity index (χ1n) is 7.40. The molecule has 1 aliphatic heterocycles. The van der Waals surface area contributed by atoms with Crippen LogP contribution >= 0.6 is 11.8 Å². The van der Waals surface area contributed by atoms with E-state index in [0.29, 0.717) is 17.0 Å². The Bertz CT molecular complexity index is 460. The molecule has 0 radical (unpaired) electrons. The molecule has 3 unspecified atom stereocenters. The molecule has 21 heavy (non-hydrogen) atoms. The molecule has 118 valence electrons. The first-order chi connectivity index (χ1) is 10.1. The number of benzene rings is 1. The third-order valence-corrected chi connectivity index (χ3v) is 5.14. The lowest BCUT2D eigenvalue weighted by atomic mass is 10.0. The Morgan fingerprint density at radius 1 is 1.24 bits per heavy atom. The zero-order valence-corrected chi connectivity index (χ0v) is 14.2. The molecule has 1 fully saturated rings. The van der Waals surface area contributed by atoms with Crippen LogP contribution in [0.4, 0.5) is 0 Å². The van der Waals surface area contributed by atoms with Gasteiger partial charge in [-0.15, -0.1) is 0 Å². The summed E-state index contributed by atoms with van der Waals surface area (Å²) in [4.78, 5) is 2.48. The van der Waals surface area contributed by atoms with Crippen LogP contribution in [0.25, 0.3) is 0 Å². The van der Waals surface area contributed by atoms with Crippen LogP contribution in [-0.4, -0.2) is 49.3 Å². The fraction of sp³-hybridized carbons (Fsp3) is 0.625. The largest absolute Gasteiger partial charge is 0.497 e. The number of hydrogen-bond acceptors (Lipinski definition) is 5. The lowest BCUT2D eigenvalue weighted by Crippen LogP contribution is -2.44. The topological polar surface area (TPSA) is 47.7 Å². The van der Waals surface area contributed by atoms with Crippen LogP contribution in [0.2, 0.25) is 0 Å². The van der Waals surface area contributed by atoms with Crippen molar-refractivity contribution in [1.29, 1.82) is 0 Å². The van der Waals surface area contributed by atoms with Gasteiger partial charge in [0.05, 0.1) is 20.3 Å². The van der Waals surface area contributed by atoms with Gasteiger partial charge >= 0.3 is 0 Å². The molecule has 2 rings (SSSR count). The second kappa shape index (κ2) is 7.38. The lowest BCUT2D eigenvalue weighted by Gasteiger charge is -2.40. The summed E-state index contributed by atoms with van der Waals surface area (Å²) in [6.07, 6.45) is 0. The molecule has 0 bridgehead atoms. The molecule has 1 aliphatic rings. The van der Waals surface area contributed by atoms with Gasteiger partial charge in [0.1, 0.15) is 11.5 Å². The molecule has 1 aromatic carbocycles. The zero-order valence-electron chi connectivity index (χ0n) is 13.3. The van der Waals surface area contributed by atoms with E-state index in [9.17, 15) is 0 Å². The molecule has 1 heterocycles. The number of methoxy groups -OCH3 is 2. The van der Waals surface area contributed by atoms with Crippen LogP contribution in [0.3, 0.4) is 0 Å². The van der Waals surface area contributed by atoms with Gasteiger partial charge in [-0.1, -0.05) is 13.8 Å². The van der Waals surface area contributed by atoms with Crippen molar-refractivity contribution in [3.05, 3.63) is 23.8 Å². The Balaban J connectivity index is 2.31. The third kappa shape index (κ3) is 3.84. The quantitative estimate of drug-likeness (QED) is 0.905. The predicted molar refractivity (Wildman–Crippen MR) is 89.4 cm³/mol. The van der Waals surface area contributed by atoms with E-state index < -0.39 is 0 Å². The molecular weight excluding hydrogens is 284 g/mol. The van der Waals surface area contributed by atoms with E-state index in [1.165, 1.54) is 0 Å². The highest BCUT2D eigenvalue weighted by molar-refractivity contribution is 8.00. The number of nitrogens with zero attached hydrogens (tertiary/aromatic N) is 1. The van der Waals surface area contributed by atoms with E-state index >= 15 is 0 Å². The first kappa shape index (κ1) is 16.5. The van der Waals surface area contributed by atoms with Crippen LogP contribution in [0.15, 0.2) is 18.2 Å². The van der Waals surface area contributed by atoms with Crippen molar-refractivity contribution < 1.29 is 9.47 Å². The van der Waals surface area contributed by atoms with Crippen LogP contribution in [0.5, 0.6) is 11.5 Å². The molecule has 0 saturated carbocycles. The summed E-state index contributed by atoms with van der Waals surface area (Å²) in [5.74, 6) is 1.72. The van der Waals surface area contributed by atoms with Crippen LogP contribution < -0.4 is 15.2 Å².